The number of methoxy groups -OCH3 is 1. The van der Waals surface area contributed by atoms with Crippen LogP contribution >= 0.6 is 0 Å². The number of hydrogen-bond acceptors (Lipinski definition) is 4. The number of pyridine rings is 1. The van der Waals surface area contributed by atoms with Crippen LogP contribution in [0.5, 0.6) is 5.75 Å². The van der Waals surface area contributed by atoms with Crippen LogP contribution in [0.2, 0.25) is 0 Å². The molecule has 0 unspecified atom stereocenters. The summed E-state index contributed by atoms with van der Waals surface area (Å²) < 4.78 is 7.43. The van der Waals surface area contributed by atoms with Gasteiger partial charge in [0.25, 0.3) is 0 Å². The maximum Gasteiger partial charge on any atom is 0.222 e. The van der Waals surface area contributed by atoms with Crippen LogP contribution in [0.4, 0.5) is 0 Å². The third kappa shape index (κ3) is 4.11. The van der Waals surface area contributed by atoms with Crippen LogP contribution in [0.15, 0.2) is 42.6 Å². The average Bonchev–Trinajstić information content (AvgIpc) is 3.38. The number of aryl methyl sites for hydroxylation is 2. The highest BCUT2D eigenvalue weighted by atomic mass is 16.5. The van der Waals surface area contributed by atoms with Gasteiger partial charge in [-0.2, -0.15) is 0 Å². The van der Waals surface area contributed by atoms with Crippen LogP contribution in [-0.4, -0.2) is 45.5 Å². The Balaban J connectivity index is 1.41. The first kappa shape index (κ1) is 19.4. The van der Waals surface area contributed by atoms with Crippen molar-refractivity contribution in [1.29, 1.82) is 0 Å². The SMILES string of the molecule is CCCn1c([C@H]2CCN(C(=O)CCc3ccc(OC)cc3)C2)nc2cccnc21. The van der Waals surface area contributed by atoms with E-state index >= 15 is 0 Å². The molecule has 3 heterocycles. The van der Waals surface area contributed by atoms with Crippen LogP contribution in [-0.2, 0) is 17.8 Å². The summed E-state index contributed by atoms with van der Waals surface area (Å²) in [6.45, 7) is 4.62. The predicted molar refractivity (Wildman–Crippen MR) is 113 cm³/mol. The summed E-state index contributed by atoms with van der Waals surface area (Å²) >= 11 is 0. The smallest absolute Gasteiger partial charge is 0.222 e. The Hall–Kier alpha value is -2.89. The van der Waals surface area contributed by atoms with E-state index in [4.69, 9.17) is 9.72 Å². The molecule has 0 saturated carbocycles. The molecule has 1 fully saturated rings. The van der Waals surface area contributed by atoms with Crippen LogP contribution in [0.25, 0.3) is 11.2 Å². The summed E-state index contributed by atoms with van der Waals surface area (Å²) in [7, 11) is 1.66. The molecular formula is C23H28N4O2. The van der Waals surface area contributed by atoms with E-state index in [0.717, 1.165) is 67.2 Å². The molecule has 0 radical (unpaired) electrons. The number of hydrogen-bond donors (Lipinski definition) is 0. The third-order valence-electron chi connectivity index (χ3n) is 5.67. The van der Waals surface area contributed by atoms with Crippen molar-refractivity contribution in [1.82, 2.24) is 19.4 Å². The first-order valence-corrected chi connectivity index (χ1v) is 10.4. The molecule has 3 aromatic rings. The van der Waals surface area contributed by atoms with E-state index in [0.29, 0.717) is 6.42 Å². The molecule has 1 amide bonds. The number of fused-ring (bicyclic) bond motifs is 1. The number of carbonyl (C=O) groups excluding carboxylic acids is 1. The standard InChI is InChI=1S/C23H28N4O2/c1-3-14-27-22(25-20-5-4-13-24-23(20)27)18-12-15-26(16-18)21(28)11-8-17-6-9-19(29-2)10-7-17/h4-7,9-10,13,18H,3,8,11-12,14-16H2,1-2H3/t18-/m0/s1. The highest BCUT2D eigenvalue weighted by Crippen LogP contribution is 2.29. The fraction of sp³-hybridized carbons (Fsp3) is 0.435. The normalized spacial score (nSPS) is 16.5. The van der Waals surface area contributed by atoms with Gasteiger partial charge in [-0.3, -0.25) is 4.79 Å². The Morgan fingerprint density at radius 3 is 2.83 bits per heavy atom. The molecule has 1 saturated heterocycles. The predicted octanol–water partition coefficient (Wildman–Crippen LogP) is 3.80. The molecule has 152 valence electrons. The summed E-state index contributed by atoms with van der Waals surface area (Å²) in [5, 5.41) is 0. The summed E-state index contributed by atoms with van der Waals surface area (Å²) in [5.41, 5.74) is 3.06. The van der Waals surface area contributed by atoms with E-state index in [-0.39, 0.29) is 11.8 Å². The Morgan fingerprint density at radius 1 is 1.24 bits per heavy atom. The number of ether oxygens (including phenoxy) is 1. The monoisotopic (exact) mass is 392 g/mol. The lowest BCUT2D eigenvalue weighted by Gasteiger charge is -2.17. The Bertz CT molecular complexity index is 980. The number of rotatable bonds is 7. The van der Waals surface area contributed by atoms with Crippen molar-refractivity contribution in [3.63, 3.8) is 0 Å². The molecule has 29 heavy (non-hydrogen) atoms. The fourth-order valence-corrected chi connectivity index (χ4v) is 4.13. The number of aromatic nitrogens is 3. The Morgan fingerprint density at radius 2 is 2.07 bits per heavy atom. The molecule has 1 aliphatic heterocycles. The number of carbonyl (C=O) groups is 1. The highest BCUT2D eigenvalue weighted by Gasteiger charge is 2.30. The number of amides is 1. The van der Waals surface area contributed by atoms with Crippen molar-refractivity contribution < 1.29 is 9.53 Å². The number of imidazole rings is 1. The Kier molecular flexibility index (Phi) is 5.79. The van der Waals surface area contributed by atoms with Gasteiger partial charge in [-0.15, -0.1) is 0 Å². The summed E-state index contributed by atoms with van der Waals surface area (Å²) in [4.78, 5) is 24.2. The van der Waals surface area contributed by atoms with Crippen LogP contribution in [0.3, 0.4) is 0 Å². The Labute approximate surface area is 171 Å². The molecule has 1 aliphatic rings. The van der Waals surface area contributed by atoms with E-state index in [1.807, 2.05) is 47.5 Å². The summed E-state index contributed by atoms with van der Waals surface area (Å²) in [6, 6.07) is 11.9. The van der Waals surface area contributed by atoms with Gasteiger partial charge in [0, 0.05) is 38.2 Å². The van der Waals surface area contributed by atoms with Crippen LogP contribution in [0.1, 0.15) is 43.5 Å². The molecule has 4 rings (SSSR count). The van der Waals surface area contributed by atoms with Crippen molar-refractivity contribution >= 4 is 17.1 Å². The molecule has 2 aromatic heterocycles. The van der Waals surface area contributed by atoms with Gasteiger partial charge in [0.15, 0.2) is 5.65 Å². The van der Waals surface area contributed by atoms with E-state index in [1.54, 1.807) is 7.11 Å². The van der Waals surface area contributed by atoms with Gasteiger partial charge in [-0.1, -0.05) is 19.1 Å². The van der Waals surface area contributed by atoms with E-state index in [2.05, 4.69) is 16.5 Å². The molecule has 1 aromatic carbocycles. The minimum Gasteiger partial charge on any atom is -0.497 e. The van der Waals surface area contributed by atoms with Gasteiger partial charge in [0.1, 0.15) is 17.1 Å². The zero-order valence-electron chi connectivity index (χ0n) is 17.2. The highest BCUT2D eigenvalue weighted by molar-refractivity contribution is 5.77. The molecule has 0 spiro atoms. The van der Waals surface area contributed by atoms with Crippen molar-refractivity contribution in [3.8, 4) is 5.75 Å². The summed E-state index contributed by atoms with van der Waals surface area (Å²) in [5.74, 6) is 2.42. The van der Waals surface area contributed by atoms with Gasteiger partial charge in [-0.25, -0.2) is 9.97 Å². The second kappa shape index (κ2) is 8.64. The first-order valence-electron chi connectivity index (χ1n) is 10.4. The fourth-order valence-electron chi connectivity index (χ4n) is 4.13. The van der Waals surface area contributed by atoms with Gasteiger partial charge in [0.2, 0.25) is 5.91 Å². The molecule has 6 heteroatoms. The van der Waals surface area contributed by atoms with E-state index in [1.165, 1.54) is 0 Å². The molecule has 0 aliphatic carbocycles. The summed E-state index contributed by atoms with van der Waals surface area (Å²) in [6.07, 6.45) is 5.10. The maximum absolute atomic E-state index is 12.8. The zero-order valence-corrected chi connectivity index (χ0v) is 17.2. The minimum absolute atomic E-state index is 0.222. The molecule has 1 atom stereocenters. The third-order valence-corrected chi connectivity index (χ3v) is 5.67. The lowest BCUT2D eigenvalue weighted by molar-refractivity contribution is -0.130. The van der Waals surface area contributed by atoms with Crippen molar-refractivity contribution in [2.45, 2.75) is 45.1 Å². The molecular weight excluding hydrogens is 364 g/mol. The van der Waals surface area contributed by atoms with Gasteiger partial charge >= 0.3 is 0 Å². The maximum atomic E-state index is 12.8. The number of likely N-dealkylation sites (tertiary alicyclic amines) is 1. The number of benzene rings is 1. The van der Waals surface area contributed by atoms with Crippen molar-refractivity contribution in [3.05, 3.63) is 54.0 Å². The first-order chi connectivity index (χ1) is 14.2. The lowest BCUT2D eigenvalue weighted by atomic mass is 10.1. The van der Waals surface area contributed by atoms with E-state index in [9.17, 15) is 4.79 Å². The van der Waals surface area contributed by atoms with Crippen LogP contribution in [0, 0.1) is 0 Å². The second-order valence-electron chi connectivity index (χ2n) is 7.64. The van der Waals surface area contributed by atoms with Crippen LogP contribution < -0.4 is 4.74 Å². The molecule has 0 bridgehead atoms. The van der Waals surface area contributed by atoms with Gasteiger partial charge in [-0.05, 0) is 49.1 Å². The number of nitrogens with zero attached hydrogens (tertiary/aromatic N) is 4. The zero-order chi connectivity index (χ0) is 20.2. The minimum atomic E-state index is 0.222. The molecule has 0 N–H and O–H groups in total. The van der Waals surface area contributed by atoms with Crippen molar-refractivity contribution in [2.24, 2.45) is 0 Å². The average molecular weight is 393 g/mol. The largest absolute Gasteiger partial charge is 0.497 e. The van der Waals surface area contributed by atoms with Gasteiger partial charge in [0.05, 0.1) is 7.11 Å². The second-order valence-corrected chi connectivity index (χ2v) is 7.64. The lowest BCUT2D eigenvalue weighted by Crippen LogP contribution is -2.29. The quantitative estimate of drug-likeness (QED) is 0.614. The topological polar surface area (TPSA) is 60.2 Å². The van der Waals surface area contributed by atoms with Crippen molar-refractivity contribution in [2.75, 3.05) is 20.2 Å². The van der Waals surface area contributed by atoms with E-state index < -0.39 is 0 Å². The van der Waals surface area contributed by atoms with Gasteiger partial charge < -0.3 is 14.2 Å². The molecule has 6 nitrogen and oxygen atoms in total.